The number of nitrogens with zero attached hydrogens (tertiary/aromatic N) is 2. The van der Waals surface area contributed by atoms with Gasteiger partial charge in [-0.1, -0.05) is 0 Å². The molecule has 1 fully saturated rings. The van der Waals surface area contributed by atoms with Gasteiger partial charge in [0.05, 0.1) is 0 Å². The van der Waals surface area contributed by atoms with Gasteiger partial charge in [-0.25, -0.2) is 4.79 Å². The van der Waals surface area contributed by atoms with Crippen molar-refractivity contribution in [3.63, 3.8) is 0 Å². The Labute approximate surface area is 146 Å². The summed E-state index contributed by atoms with van der Waals surface area (Å²) in [7, 11) is 0. The minimum absolute atomic E-state index is 0.121. The predicted molar refractivity (Wildman–Crippen MR) is 85.8 cm³/mol. The fourth-order valence-electron chi connectivity index (χ4n) is 2.32. The zero-order chi connectivity index (χ0) is 18.4. The molecule has 1 atom stereocenters. The van der Waals surface area contributed by atoms with Crippen LogP contribution in [0.3, 0.4) is 0 Å². The topological polar surface area (TPSA) is 113 Å². The van der Waals surface area contributed by atoms with Crippen LogP contribution in [0, 0.1) is 0 Å². The molecule has 0 radical (unpaired) electrons. The minimum Gasteiger partial charge on any atom is -0.463 e. The molecule has 0 aliphatic carbocycles. The van der Waals surface area contributed by atoms with E-state index in [2.05, 4.69) is 15.5 Å². The van der Waals surface area contributed by atoms with E-state index in [9.17, 15) is 9.59 Å². The van der Waals surface area contributed by atoms with E-state index >= 15 is 0 Å². The number of alkyl carbamates (subject to hydrolysis) is 1. The molecule has 1 aliphatic heterocycles. The number of rotatable bonds is 5. The van der Waals surface area contributed by atoms with Crippen molar-refractivity contribution in [2.45, 2.75) is 58.1 Å². The molecule has 0 spiro atoms. The Bertz CT molecular complexity index is 589. The van der Waals surface area contributed by atoms with E-state index in [0.29, 0.717) is 19.1 Å². The van der Waals surface area contributed by atoms with Gasteiger partial charge in [-0.05, 0) is 33.6 Å². The maximum Gasteiger partial charge on any atom is 0.408 e. The Hall–Kier alpha value is -2.16. The van der Waals surface area contributed by atoms with Crippen molar-refractivity contribution in [1.29, 1.82) is 0 Å². The molecule has 1 N–H and O–H groups in total. The fraction of sp³-hybridized carbons (Fsp3) is 0.750. The Kier molecular flexibility index (Phi) is 6.35. The van der Waals surface area contributed by atoms with Gasteiger partial charge in [0.1, 0.15) is 18.2 Å². The monoisotopic (exact) mass is 355 g/mol. The van der Waals surface area contributed by atoms with Gasteiger partial charge in [0.2, 0.25) is 11.8 Å². The standard InChI is InChI=1S/C16H25N3O6/c1-10(20)23-9-12(17-15(21)25-16(2,3)4)14-19-18-13(24-14)11-5-7-22-8-6-11/h11-12H,5-9H2,1-4H3,(H,17,21)/t12-/m0/s1. The van der Waals surface area contributed by atoms with E-state index in [1.54, 1.807) is 20.8 Å². The third-order valence-electron chi connectivity index (χ3n) is 3.47. The van der Waals surface area contributed by atoms with Crippen LogP contribution in [0.4, 0.5) is 4.79 Å². The maximum absolute atomic E-state index is 12.0. The number of ether oxygens (including phenoxy) is 3. The lowest BCUT2D eigenvalue weighted by molar-refractivity contribution is -0.141. The summed E-state index contributed by atoms with van der Waals surface area (Å²) in [6.07, 6.45) is 0.946. The van der Waals surface area contributed by atoms with Crippen LogP contribution in [0.2, 0.25) is 0 Å². The summed E-state index contributed by atoms with van der Waals surface area (Å²) in [4.78, 5) is 23.1. The lowest BCUT2D eigenvalue weighted by atomic mass is 10.0. The largest absolute Gasteiger partial charge is 0.463 e. The molecular formula is C16H25N3O6. The van der Waals surface area contributed by atoms with Gasteiger partial charge in [0, 0.05) is 26.1 Å². The molecule has 140 valence electrons. The molecule has 1 aromatic rings. The molecule has 2 rings (SSSR count). The Balaban J connectivity index is 2.07. The summed E-state index contributed by atoms with van der Waals surface area (Å²) in [5, 5.41) is 10.7. The van der Waals surface area contributed by atoms with E-state index in [4.69, 9.17) is 18.6 Å². The summed E-state index contributed by atoms with van der Waals surface area (Å²) < 4.78 is 21.2. The normalized spacial score (nSPS) is 17.0. The van der Waals surface area contributed by atoms with E-state index < -0.39 is 23.7 Å². The van der Waals surface area contributed by atoms with Crippen molar-refractivity contribution in [2.24, 2.45) is 0 Å². The average Bonchev–Trinajstić information content (AvgIpc) is 3.00. The van der Waals surface area contributed by atoms with Crippen molar-refractivity contribution < 1.29 is 28.2 Å². The van der Waals surface area contributed by atoms with Gasteiger partial charge in [-0.15, -0.1) is 10.2 Å². The first-order valence-electron chi connectivity index (χ1n) is 8.28. The summed E-state index contributed by atoms with van der Waals surface area (Å²) in [5.41, 5.74) is -0.655. The molecule has 9 heteroatoms. The predicted octanol–water partition coefficient (Wildman–Crippen LogP) is 2.09. The second-order valence-electron chi connectivity index (χ2n) is 6.87. The average molecular weight is 355 g/mol. The van der Waals surface area contributed by atoms with E-state index in [1.165, 1.54) is 6.92 Å². The Morgan fingerprint density at radius 3 is 2.56 bits per heavy atom. The summed E-state index contributed by atoms with van der Waals surface area (Å²) in [6, 6.07) is -0.778. The van der Waals surface area contributed by atoms with Gasteiger partial charge in [0.15, 0.2) is 0 Å². The molecule has 1 amide bonds. The van der Waals surface area contributed by atoms with Crippen LogP contribution in [0.15, 0.2) is 4.42 Å². The summed E-state index contributed by atoms with van der Waals surface area (Å²) in [5.74, 6) is 0.330. The Morgan fingerprint density at radius 2 is 1.96 bits per heavy atom. The van der Waals surface area contributed by atoms with Crippen molar-refractivity contribution in [2.75, 3.05) is 19.8 Å². The van der Waals surface area contributed by atoms with Crippen molar-refractivity contribution in [1.82, 2.24) is 15.5 Å². The second-order valence-corrected chi connectivity index (χ2v) is 6.87. The molecule has 2 heterocycles. The molecule has 1 aromatic heterocycles. The van der Waals surface area contributed by atoms with Crippen LogP contribution in [-0.4, -0.2) is 47.7 Å². The highest BCUT2D eigenvalue weighted by Gasteiger charge is 2.28. The third-order valence-corrected chi connectivity index (χ3v) is 3.47. The first kappa shape index (κ1) is 19.2. The smallest absolute Gasteiger partial charge is 0.408 e. The van der Waals surface area contributed by atoms with Crippen LogP contribution in [-0.2, 0) is 19.0 Å². The number of carbonyl (C=O) groups is 2. The van der Waals surface area contributed by atoms with Gasteiger partial charge < -0.3 is 23.9 Å². The van der Waals surface area contributed by atoms with Gasteiger partial charge in [0.25, 0.3) is 0 Å². The van der Waals surface area contributed by atoms with Crippen LogP contribution >= 0.6 is 0 Å². The van der Waals surface area contributed by atoms with Crippen LogP contribution in [0.1, 0.15) is 64.3 Å². The third kappa shape index (κ3) is 6.33. The zero-order valence-corrected chi connectivity index (χ0v) is 15.0. The molecule has 9 nitrogen and oxygen atoms in total. The molecule has 25 heavy (non-hydrogen) atoms. The van der Waals surface area contributed by atoms with E-state index in [-0.39, 0.29) is 18.4 Å². The molecule has 0 bridgehead atoms. The number of amides is 1. The number of esters is 1. The van der Waals surface area contributed by atoms with Crippen molar-refractivity contribution in [3.8, 4) is 0 Å². The van der Waals surface area contributed by atoms with Gasteiger partial charge in [-0.2, -0.15) is 0 Å². The SMILES string of the molecule is CC(=O)OC[C@H](NC(=O)OC(C)(C)C)c1nnc(C2CCOCC2)o1. The molecule has 1 aliphatic rings. The van der Waals surface area contributed by atoms with Crippen LogP contribution < -0.4 is 5.32 Å². The fourth-order valence-corrected chi connectivity index (χ4v) is 2.32. The number of aromatic nitrogens is 2. The summed E-state index contributed by atoms with van der Waals surface area (Å²) in [6.45, 7) is 7.72. The first-order chi connectivity index (χ1) is 11.7. The number of hydrogen-bond donors (Lipinski definition) is 1. The second kappa shape index (κ2) is 8.28. The number of hydrogen-bond acceptors (Lipinski definition) is 8. The van der Waals surface area contributed by atoms with Gasteiger partial charge in [-0.3, -0.25) is 4.79 Å². The number of carbonyl (C=O) groups excluding carboxylic acids is 2. The highest BCUT2D eigenvalue weighted by Crippen LogP contribution is 2.27. The molecule has 0 unspecified atom stereocenters. The summed E-state index contributed by atoms with van der Waals surface area (Å²) >= 11 is 0. The van der Waals surface area contributed by atoms with E-state index in [1.807, 2.05) is 0 Å². The quantitative estimate of drug-likeness (QED) is 0.799. The zero-order valence-electron chi connectivity index (χ0n) is 15.0. The van der Waals surface area contributed by atoms with Crippen molar-refractivity contribution in [3.05, 3.63) is 11.8 Å². The van der Waals surface area contributed by atoms with E-state index in [0.717, 1.165) is 12.8 Å². The molecule has 1 saturated heterocycles. The highest BCUT2D eigenvalue weighted by molar-refractivity contribution is 5.68. The lowest BCUT2D eigenvalue weighted by Crippen LogP contribution is -2.37. The van der Waals surface area contributed by atoms with Crippen LogP contribution in [0.5, 0.6) is 0 Å². The molecule has 0 saturated carbocycles. The number of nitrogens with one attached hydrogen (secondary N) is 1. The maximum atomic E-state index is 12.0. The lowest BCUT2D eigenvalue weighted by Gasteiger charge is -2.22. The van der Waals surface area contributed by atoms with Crippen LogP contribution in [0.25, 0.3) is 0 Å². The Morgan fingerprint density at radius 1 is 1.28 bits per heavy atom. The highest BCUT2D eigenvalue weighted by atomic mass is 16.6. The molecule has 0 aromatic carbocycles. The van der Waals surface area contributed by atoms with Gasteiger partial charge >= 0.3 is 12.1 Å². The van der Waals surface area contributed by atoms with Crippen molar-refractivity contribution >= 4 is 12.1 Å². The molecular weight excluding hydrogens is 330 g/mol. The minimum atomic E-state index is -0.778. The first-order valence-corrected chi connectivity index (χ1v) is 8.28.